The molecule has 0 unspecified atom stereocenters. The van der Waals surface area contributed by atoms with E-state index in [-0.39, 0.29) is 5.91 Å². The van der Waals surface area contributed by atoms with Gasteiger partial charge in [0.25, 0.3) is 0 Å². The maximum absolute atomic E-state index is 11.3. The summed E-state index contributed by atoms with van der Waals surface area (Å²) in [5.41, 5.74) is 0.994. The second-order valence-corrected chi connectivity index (χ2v) is 6.70. The fraction of sp³-hybridized carbons (Fsp3) is 0.222. The van der Waals surface area contributed by atoms with Gasteiger partial charge in [-0.3, -0.25) is 9.52 Å². The van der Waals surface area contributed by atoms with Crippen molar-refractivity contribution < 1.29 is 13.2 Å². The second-order valence-electron chi connectivity index (χ2n) is 3.37. The molecule has 0 saturated carbocycles. The molecule has 5 nitrogen and oxygen atoms in total. The molecule has 0 bridgehead atoms. The summed E-state index contributed by atoms with van der Waals surface area (Å²) in [5.74, 6) is 0.277. The Hall–Kier alpha value is -0.920. The maximum Gasteiger partial charge on any atom is 0.246 e. The molecule has 0 atom stereocenters. The minimum atomic E-state index is -3.52. The van der Waals surface area contributed by atoms with Gasteiger partial charge in [0.05, 0.1) is 17.1 Å². The SMILES string of the molecule is O=C1CSc2ccc(NS(=O)(=O)CCl)cc2N1. The van der Waals surface area contributed by atoms with Crippen LogP contribution in [0.15, 0.2) is 23.1 Å². The first-order chi connectivity index (χ1) is 8.00. The van der Waals surface area contributed by atoms with E-state index in [0.29, 0.717) is 17.1 Å². The van der Waals surface area contributed by atoms with Crippen molar-refractivity contribution in [1.29, 1.82) is 0 Å². The summed E-state index contributed by atoms with van der Waals surface area (Å²) in [4.78, 5) is 12.1. The van der Waals surface area contributed by atoms with Crippen molar-refractivity contribution in [3.05, 3.63) is 18.2 Å². The largest absolute Gasteiger partial charge is 0.324 e. The average Bonchev–Trinajstić information content (AvgIpc) is 2.28. The number of anilines is 2. The normalized spacial score (nSPS) is 15.0. The van der Waals surface area contributed by atoms with E-state index >= 15 is 0 Å². The number of alkyl halides is 1. The van der Waals surface area contributed by atoms with Crippen LogP contribution in [-0.2, 0) is 14.8 Å². The van der Waals surface area contributed by atoms with Gasteiger partial charge < -0.3 is 5.32 Å². The van der Waals surface area contributed by atoms with Crippen LogP contribution in [0.3, 0.4) is 0 Å². The molecule has 1 amide bonds. The molecule has 1 aromatic rings. The molecule has 92 valence electrons. The summed E-state index contributed by atoms with van der Waals surface area (Å²) < 4.78 is 24.8. The lowest BCUT2D eigenvalue weighted by Gasteiger charge is -2.17. The van der Waals surface area contributed by atoms with Gasteiger partial charge in [-0.15, -0.1) is 23.4 Å². The molecule has 1 aliphatic heterocycles. The summed E-state index contributed by atoms with van der Waals surface area (Å²) in [6.45, 7) is 0. The standard InChI is InChI=1S/C9H9ClN2O3S2/c10-5-17(14,15)12-6-1-2-8-7(3-6)11-9(13)4-16-8/h1-3,12H,4-5H2,(H,11,13). The maximum atomic E-state index is 11.3. The predicted octanol–water partition coefficient (Wildman–Crippen LogP) is 1.67. The van der Waals surface area contributed by atoms with E-state index in [1.165, 1.54) is 11.8 Å². The molecule has 1 heterocycles. The lowest BCUT2D eigenvalue weighted by molar-refractivity contribution is -0.113. The van der Waals surface area contributed by atoms with Crippen LogP contribution in [-0.4, -0.2) is 25.3 Å². The summed E-state index contributed by atoms with van der Waals surface area (Å²) in [6.07, 6.45) is 0. The number of sulfonamides is 1. The Kier molecular flexibility index (Phi) is 3.50. The topological polar surface area (TPSA) is 75.3 Å². The van der Waals surface area contributed by atoms with Crippen LogP contribution in [0.4, 0.5) is 11.4 Å². The second kappa shape index (κ2) is 4.75. The van der Waals surface area contributed by atoms with Crippen LogP contribution in [0.5, 0.6) is 0 Å². The number of rotatable bonds is 3. The molecule has 1 aliphatic rings. The Balaban J connectivity index is 2.27. The van der Waals surface area contributed by atoms with Crippen LogP contribution in [0.1, 0.15) is 0 Å². The zero-order chi connectivity index (χ0) is 12.5. The molecule has 1 aromatic carbocycles. The molecule has 0 fully saturated rings. The average molecular weight is 293 g/mol. The van der Waals surface area contributed by atoms with Crippen molar-refractivity contribution in [2.24, 2.45) is 0 Å². The highest BCUT2D eigenvalue weighted by Crippen LogP contribution is 2.33. The van der Waals surface area contributed by atoms with Crippen molar-refractivity contribution in [2.75, 3.05) is 21.0 Å². The van der Waals surface area contributed by atoms with Crippen molar-refractivity contribution >= 4 is 50.7 Å². The van der Waals surface area contributed by atoms with Crippen molar-refractivity contribution in [1.82, 2.24) is 0 Å². The quantitative estimate of drug-likeness (QED) is 0.831. The van der Waals surface area contributed by atoms with Gasteiger partial charge in [0.1, 0.15) is 5.21 Å². The van der Waals surface area contributed by atoms with E-state index in [2.05, 4.69) is 10.0 Å². The predicted molar refractivity (Wildman–Crippen MR) is 69.1 cm³/mol. The molecule has 0 saturated heterocycles. The van der Waals surface area contributed by atoms with Gasteiger partial charge in [0.2, 0.25) is 15.9 Å². The summed E-state index contributed by atoms with van der Waals surface area (Å²) in [7, 11) is -3.52. The molecular weight excluding hydrogens is 284 g/mol. The van der Waals surface area contributed by atoms with Crippen LogP contribution in [0, 0.1) is 0 Å². The van der Waals surface area contributed by atoms with Gasteiger partial charge in [-0.25, -0.2) is 8.42 Å². The minimum Gasteiger partial charge on any atom is -0.324 e. The van der Waals surface area contributed by atoms with Gasteiger partial charge in [-0.05, 0) is 18.2 Å². The van der Waals surface area contributed by atoms with Crippen LogP contribution in [0.25, 0.3) is 0 Å². The summed E-state index contributed by atoms with van der Waals surface area (Å²) in [5, 5.41) is 2.17. The van der Waals surface area contributed by atoms with Gasteiger partial charge >= 0.3 is 0 Å². The molecule has 0 aromatic heterocycles. The van der Waals surface area contributed by atoms with E-state index in [1.54, 1.807) is 18.2 Å². The van der Waals surface area contributed by atoms with Crippen molar-refractivity contribution in [2.45, 2.75) is 4.90 Å². The molecule has 0 aliphatic carbocycles. The van der Waals surface area contributed by atoms with Gasteiger partial charge in [0, 0.05) is 4.90 Å². The third-order valence-corrected chi connectivity index (χ3v) is 4.80. The Labute approximate surface area is 108 Å². The Morgan fingerprint density at radius 2 is 2.24 bits per heavy atom. The smallest absolute Gasteiger partial charge is 0.246 e. The number of carbonyl (C=O) groups excluding carboxylic acids is 1. The van der Waals surface area contributed by atoms with Gasteiger partial charge in [0.15, 0.2) is 0 Å². The van der Waals surface area contributed by atoms with Gasteiger partial charge in [-0.1, -0.05) is 0 Å². The Morgan fingerprint density at radius 1 is 1.47 bits per heavy atom. The van der Waals surface area contributed by atoms with Crippen LogP contribution in [0.2, 0.25) is 0 Å². The molecule has 8 heteroatoms. The molecule has 2 N–H and O–H groups in total. The third-order valence-electron chi connectivity index (χ3n) is 2.03. The number of halogens is 1. The molecule has 17 heavy (non-hydrogen) atoms. The number of fused-ring (bicyclic) bond motifs is 1. The number of amides is 1. The minimum absolute atomic E-state index is 0.0974. The highest BCUT2D eigenvalue weighted by molar-refractivity contribution is 8.00. The van der Waals surface area contributed by atoms with E-state index in [1.807, 2.05) is 0 Å². The third kappa shape index (κ3) is 3.05. The zero-order valence-corrected chi connectivity index (χ0v) is 11.0. The molecule has 0 spiro atoms. The van der Waals surface area contributed by atoms with E-state index < -0.39 is 15.2 Å². The lowest BCUT2D eigenvalue weighted by atomic mass is 10.3. The Morgan fingerprint density at radius 3 is 2.94 bits per heavy atom. The van der Waals surface area contributed by atoms with Crippen LogP contribution >= 0.6 is 23.4 Å². The summed E-state index contributed by atoms with van der Waals surface area (Å²) >= 11 is 6.70. The monoisotopic (exact) mass is 292 g/mol. The molecule has 0 radical (unpaired) electrons. The van der Waals surface area contributed by atoms with Crippen molar-refractivity contribution in [3.8, 4) is 0 Å². The number of hydrogen-bond acceptors (Lipinski definition) is 4. The molecule has 2 rings (SSSR count). The number of nitrogens with one attached hydrogen (secondary N) is 2. The molecular formula is C9H9ClN2O3S2. The van der Waals surface area contributed by atoms with E-state index in [4.69, 9.17) is 11.6 Å². The van der Waals surface area contributed by atoms with Gasteiger partial charge in [-0.2, -0.15) is 0 Å². The summed E-state index contributed by atoms with van der Waals surface area (Å²) in [6, 6.07) is 4.96. The number of benzene rings is 1. The highest BCUT2D eigenvalue weighted by Gasteiger charge is 2.16. The Bertz CT molecular complexity index is 559. The highest BCUT2D eigenvalue weighted by atomic mass is 35.5. The fourth-order valence-electron chi connectivity index (χ4n) is 1.35. The number of thioether (sulfide) groups is 1. The van der Waals surface area contributed by atoms with E-state index in [0.717, 1.165) is 4.90 Å². The zero-order valence-electron chi connectivity index (χ0n) is 8.57. The fourth-order valence-corrected chi connectivity index (χ4v) is 2.85. The first-order valence-corrected chi connectivity index (χ1v) is 7.80. The number of hydrogen-bond donors (Lipinski definition) is 2. The lowest BCUT2D eigenvalue weighted by Crippen LogP contribution is -2.19. The van der Waals surface area contributed by atoms with E-state index in [9.17, 15) is 13.2 Å². The number of carbonyl (C=O) groups is 1. The first kappa shape index (κ1) is 12.5. The van der Waals surface area contributed by atoms with Crippen molar-refractivity contribution in [3.63, 3.8) is 0 Å². The van der Waals surface area contributed by atoms with Crippen LogP contribution < -0.4 is 10.0 Å². The first-order valence-electron chi connectivity index (χ1n) is 4.63.